The van der Waals surface area contributed by atoms with Crippen molar-refractivity contribution in [2.75, 3.05) is 66.2 Å². The van der Waals surface area contributed by atoms with Gasteiger partial charge in [0.25, 0.3) is 0 Å². The largest absolute Gasteiger partial charge is 0.382 e. The van der Waals surface area contributed by atoms with Crippen LogP contribution in [-0.4, -0.2) is 88.0 Å². The molecule has 0 radical (unpaired) electrons. The Morgan fingerprint density at radius 1 is 1.15 bits per heavy atom. The molecule has 6 heteroatoms. The topological polar surface area (TPSA) is 49.3 Å². The summed E-state index contributed by atoms with van der Waals surface area (Å²) in [6.07, 6.45) is 3.80. The van der Waals surface area contributed by atoms with Crippen molar-refractivity contribution in [2.45, 2.75) is 46.1 Å². The predicted molar refractivity (Wildman–Crippen MR) is 108 cm³/mol. The number of methoxy groups -OCH3 is 1. The van der Waals surface area contributed by atoms with E-state index in [0.717, 1.165) is 38.7 Å². The van der Waals surface area contributed by atoms with Gasteiger partial charge >= 0.3 is 0 Å². The summed E-state index contributed by atoms with van der Waals surface area (Å²) in [7, 11) is 1.71. The molecule has 2 heterocycles. The fraction of sp³-hybridized carbons (Fsp3) is 0.950. The molecular formula is C20H40N4O2. The molecule has 0 amide bonds. The molecule has 2 fully saturated rings. The molecule has 2 atom stereocenters. The van der Waals surface area contributed by atoms with Gasteiger partial charge in [-0.05, 0) is 52.5 Å². The molecule has 1 N–H and O–H groups in total. The smallest absolute Gasteiger partial charge is 0.193 e. The number of aliphatic imine (C=N–C) groups is 1. The lowest BCUT2D eigenvalue weighted by Crippen LogP contribution is -2.43. The molecule has 6 nitrogen and oxygen atoms in total. The lowest BCUT2D eigenvalue weighted by atomic mass is 9.97. The van der Waals surface area contributed by atoms with E-state index in [-0.39, 0.29) is 0 Å². The van der Waals surface area contributed by atoms with E-state index in [1.54, 1.807) is 7.11 Å². The van der Waals surface area contributed by atoms with Crippen molar-refractivity contribution in [3.05, 3.63) is 0 Å². The van der Waals surface area contributed by atoms with Gasteiger partial charge in [0.15, 0.2) is 5.96 Å². The molecule has 26 heavy (non-hydrogen) atoms. The van der Waals surface area contributed by atoms with Crippen LogP contribution in [0.2, 0.25) is 0 Å². The minimum absolute atomic E-state index is 0.599. The van der Waals surface area contributed by atoms with Gasteiger partial charge in [-0.3, -0.25) is 4.99 Å². The van der Waals surface area contributed by atoms with Crippen LogP contribution in [0.4, 0.5) is 0 Å². The Hall–Kier alpha value is -0.850. The number of nitrogens with one attached hydrogen (secondary N) is 1. The minimum Gasteiger partial charge on any atom is -0.382 e. The highest BCUT2D eigenvalue weighted by molar-refractivity contribution is 5.80. The molecular weight excluding hydrogens is 328 g/mol. The molecule has 2 aliphatic rings. The van der Waals surface area contributed by atoms with Gasteiger partial charge in [0.05, 0.1) is 19.8 Å². The van der Waals surface area contributed by atoms with Crippen LogP contribution in [-0.2, 0) is 9.47 Å². The van der Waals surface area contributed by atoms with Gasteiger partial charge in [-0.1, -0.05) is 0 Å². The summed E-state index contributed by atoms with van der Waals surface area (Å²) in [4.78, 5) is 10.0. The summed E-state index contributed by atoms with van der Waals surface area (Å²) < 4.78 is 10.8. The molecule has 2 saturated heterocycles. The van der Waals surface area contributed by atoms with Crippen molar-refractivity contribution in [1.82, 2.24) is 15.1 Å². The second-order valence-electron chi connectivity index (χ2n) is 7.96. The molecule has 0 aromatic rings. The number of nitrogens with zero attached hydrogens (tertiary/aromatic N) is 3. The van der Waals surface area contributed by atoms with Gasteiger partial charge in [-0.15, -0.1) is 0 Å². The van der Waals surface area contributed by atoms with Crippen LogP contribution in [0.15, 0.2) is 4.99 Å². The van der Waals surface area contributed by atoms with Gasteiger partial charge in [0, 0.05) is 51.8 Å². The zero-order valence-corrected chi connectivity index (χ0v) is 17.4. The number of piperidine rings is 1. The Balaban J connectivity index is 1.81. The van der Waals surface area contributed by atoms with E-state index in [1.165, 1.54) is 32.4 Å². The Morgan fingerprint density at radius 3 is 2.73 bits per heavy atom. The standard InChI is InChI=1S/C20H40N4O2/c1-5-21-20(22-13-18-7-6-9-23(14-18)17(2)3)24-10-8-19(15-24)16-26-12-11-25-4/h17-19H,5-16H2,1-4H3,(H,21,22). The first kappa shape index (κ1) is 21.5. The second kappa shape index (κ2) is 11.8. The van der Waals surface area contributed by atoms with Crippen LogP contribution in [0.3, 0.4) is 0 Å². The monoisotopic (exact) mass is 368 g/mol. The van der Waals surface area contributed by atoms with Crippen molar-refractivity contribution in [3.8, 4) is 0 Å². The minimum atomic E-state index is 0.599. The van der Waals surface area contributed by atoms with E-state index in [2.05, 4.69) is 35.9 Å². The first-order valence-corrected chi connectivity index (χ1v) is 10.5. The average Bonchev–Trinajstić information content (AvgIpc) is 3.11. The van der Waals surface area contributed by atoms with Gasteiger partial charge in [-0.2, -0.15) is 0 Å². The molecule has 2 aliphatic heterocycles. The zero-order chi connectivity index (χ0) is 18.8. The fourth-order valence-corrected chi connectivity index (χ4v) is 3.91. The van der Waals surface area contributed by atoms with Crippen molar-refractivity contribution in [3.63, 3.8) is 0 Å². The summed E-state index contributed by atoms with van der Waals surface area (Å²) in [6, 6.07) is 0.646. The van der Waals surface area contributed by atoms with Gasteiger partial charge in [0.2, 0.25) is 0 Å². The van der Waals surface area contributed by atoms with E-state index in [1.807, 2.05) is 0 Å². The first-order valence-electron chi connectivity index (χ1n) is 10.5. The third kappa shape index (κ3) is 7.05. The summed E-state index contributed by atoms with van der Waals surface area (Å²) in [5, 5.41) is 3.50. The molecule has 0 aromatic heterocycles. The van der Waals surface area contributed by atoms with Gasteiger partial charge in [0.1, 0.15) is 0 Å². The molecule has 152 valence electrons. The van der Waals surface area contributed by atoms with Crippen LogP contribution < -0.4 is 5.32 Å². The molecule has 0 saturated carbocycles. The predicted octanol–water partition coefficient (Wildman–Crippen LogP) is 2.06. The number of rotatable bonds is 9. The lowest BCUT2D eigenvalue weighted by molar-refractivity contribution is 0.0536. The quantitative estimate of drug-likeness (QED) is 0.383. The summed E-state index contributed by atoms with van der Waals surface area (Å²) in [6.45, 7) is 15.4. The van der Waals surface area contributed by atoms with E-state index in [4.69, 9.17) is 14.5 Å². The van der Waals surface area contributed by atoms with E-state index in [9.17, 15) is 0 Å². The highest BCUT2D eigenvalue weighted by Crippen LogP contribution is 2.20. The number of guanidine groups is 1. The fourth-order valence-electron chi connectivity index (χ4n) is 3.91. The second-order valence-corrected chi connectivity index (χ2v) is 7.96. The number of ether oxygens (including phenoxy) is 2. The Labute approximate surface area is 160 Å². The normalized spacial score (nSPS) is 25.3. The highest BCUT2D eigenvalue weighted by atomic mass is 16.5. The van der Waals surface area contributed by atoms with Crippen molar-refractivity contribution in [2.24, 2.45) is 16.8 Å². The van der Waals surface area contributed by atoms with Gasteiger partial charge in [-0.25, -0.2) is 0 Å². The van der Waals surface area contributed by atoms with E-state index < -0.39 is 0 Å². The molecule has 2 rings (SSSR count). The molecule has 0 spiro atoms. The average molecular weight is 369 g/mol. The maximum Gasteiger partial charge on any atom is 0.193 e. The van der Waals surface area contributed by atoms with Crippen molar-refractivity contribution in [1.29, 1.82) is 0 Å². The number of likely N-dealkylation sites (tertiary alicyclic amines) is 2. The van der Waals surface area contributed by atoms with Crippen molar-refractivity contribution < 1.29 is 9.47 Å². The molecule has 2 unspecified atom stereocenters. The van der Waals surface area contributed by atoms with Crippen LogP contribution in [0.25, 0.3) is 0 Å². The third-order valence-electron chi connectivity index (χ3n) is 5.49. The summed E-state index contributed by atoms with van der Waals surface area (Å²) >= 11 is 0. The van der Waals surface area contributed by atoms with Gasteiger partial charge < -0.3 is 24.6 Å². The maximum atomic E-state index is 5.72. The van der Waals surface area contributed by atoms with Crippen LogP contribution in [0.5, 0.6) is 0 Å². The SMILES string of the molecule is CCNC(=NCC1CCCN(C(C)C)C1)N1CCC(COCCOC)C1. The number of hydrogen-bond acceptors (Lipinski definition) is 4. The van der Waals surface area contributed by atoms with Crippen LogP contribution in [0.1, 0.15) is 40.0 Å². The molecule has 0 bridgehead atoms. The zero-order valence-electron chi connectivity index (χ0n) is 17.4. The maximum absolute atomic E-state index is 5.72. The van der Waals surface area contributed by atoms with E-state index in [0.29, 0.717) is 31.1 Å². The molecule has 0 aliphatic carbocycles. The summed E-state index contributed by atoms with van der Waals surface area (Å²) in [5.74, 6) is 2.38. The molecule has 0 aromatic carbocycles. The number of hydrogen-bond donors (Lipinski definition) is 1. The Kier molecular flexibility index (Phi) is 9.72. The third-order valence-corrected chi connectivity index (χ3v) is 5.49. The highest BCUT2D eigenvalue weighted by Gasteiger charge is 2.26. The van der Waals surface area contributed by atoms with Crippen molar-refractivity contribution >= 4 is 5.96 Å². The van der Waals surface area contributed by atoms with Crippen LogP contribution in [0, 0.1) is 11.8 Å². The first-order chi connectivity index (χ1) is 12.6. The van der Waals surface area contributed by atoms with E-state index >= 15 is 0 Å². The van der Waals surface area contributed by atoms with Crippen LogP contribution >= 0.6 is 0 Å². The summed E-state index contributed by atoms with van der Waals surface area (Å²) in [5.41, 5.74) is 0. The Morgan fingerprint density at radius 2 is 2.00 bits per heavy atom. The lowest BCUT2D eigenvalue weighted by Gasteiger charge is -2.35. The Bertz CT molecular complexity index is 417.